The quantitative estimate of drug-likeness (QED) is 0.701. The van der Waals surface area contributed by atoms with Gasteiger partial charge in [-0.25, -0.2) is 0 Å². The highest BCUT2D eigenvalue weighted by Crippen LogP contribution is 2.22. The summed E-state index contributed by atoms with van der Waals surface area (Å²) in [6.45, 7) is 9.49. The number of hydrogen-bond donors (Lipinski definition) is 1. The lowest BCUT2D eigenvalue weighted by atomic mass is 10.2. The molecule has 0 fully saturated rings. The van der Waals surface area contributed by atoms with Crippen molar-refractivity contribution in [2.45, 2.75) is 47.2 Å². The van der Waals surface area contributed by atoms with Crippen LogP contribution >= 0.6 is 11.3 Å². The lowest BCUT2D eigenvalue weighted by Gasteiger charge is -2.07. The average Bonchev–Trinajstić information content (AvgIpc) is 3.14. The number of rotatable bonds is 6. The van der Waals surface area contributed by atoms with Gasteiger partial charge >= 0.3 is 0 Å². The summed E-state index contributed by atoms with van der Waals surface area (Å²) in [6, 6.07) is 12.3. The minimum atomic E-state index is -0.00703. The molecular formula is C21H25N3OS. The number of hydrogen-bond acceptors (Lipinski definition) is 3. The Morgan fingerprint density at radius 3 is 2.58 bits per heavy atom. The van der Waals surface area contributed by atoms with Gasteiger partial charge in [-0.15, -0.1) is 11.3 Å². The van der Waals surface area contributed by atoms with Crippen LogP contribution < -0.4 is 5.32 Å². The van der Waals surface area contributed by atoms with Gasteiger partial charge in [0.05, 0.1) is 17.1 Å². The number of nitrogens with one attached hydrogen (secondary N) is 1. The molecule has 0 aliphatic rings. The highest BCUT2D eigenvalue weighted by Gasteiger charge is 2.15. The zero-order valence-electron chi connectivity index (χ0n) is 15.8. The van der Waals surface area contributed by atoms with Crippen LogP contribution in [0.2, 0.25) is 0 Å². The largest absolute Gasteiger partial charge is 0.347 e. The first-order valence-corrected chi connectivity index (χ1v) is 9.75. The fourth-order valence-electron chi connectivity index (χ4n) is 3.14. The second-order valence-corrected chi connectivity index (χ2v) is 7.68. The van der Waals surface area contributed by atoms with E-state index in [1.165, 1.54) is 16.0 Å². The number of carbonyl (C=O) groups is 1. The Morgan fingerprint density at radius 1 is 1.19 bits per heavy atom. The summed E-state index contributed by atoms with van der Waals surface area (Å²) in [5.74, 6) is -0.00703. The number of aromatic nitrogens is 2. The first kappa shape index (κ1) is 18.4. The molecule has 4 nitrogen and oxygen atoms in total. The van der Waals surface area contributed by atoms with Gasteiger partial charge in [0.15, 0.2) is 0 Å². The van der Waals surface area contributed by atoms with E-state index < -0.39 is 0 Å². The normalized spacial score (nSPS) is 10.9. The number of benzene rings is 1. The smallest absolute Gasteiger partial charge is 0.261 e. The number of thiophene rings is 1. The van der Waals surface area contributed by atoms with E-state index in [9.17, 15) is 4.79 Å². The van der Waals surface area contributed by atoms with Crippen LogP contribution in [0.4, 0.5) is 0 Å². The van der Waals surface area contributed by atoms with Crippen LogP contribution in [0.1, 0.15) is 49.6 Å². The van der Waals surface area contributed by atoms with Crippen molar-refractivity contribution in [3.63, 3.8) is 0 Å². The molecule has 0 saturated carbocycles. The van der Waals surface area contributed by atoms with Crippen LogP contribution in [0.25, 0.3) is 0 Å². The van der Waals surface area contributed by atoms with Crippen molar-refractivity contribution >= 4 is 17.2 Å². The third-order valence-corrected chi connectivity index (χ3v) is 6.08. The molecular weight excluding hydrogens is 342 g/mol. The molecule has 3 rings (SSSR count). The number of amides is 1. The highest BCUT2D eigenvalue weighted by atomic mass is 32.1. The topological polar surface area (TPSA) is 46.9 Å². The molecule has 26 heavy (non-hydrogen) atoms. The Labute approximate surface area is 158 Å². The molecule has 1 N–H and O–H groups in total. The summed E-state index contributed by atoms with van der Waals surface area (Å²) in [7, 11) is 0. The summed E-state index contributed by atoms with van der Waals surface area (Å²) in [5.41, 5.74) is 5.58. The molecule has 1 amide bonds. The molecule has 0 bridgehead atoms. The fourth-order valence-corrected chi connectivity index (χ4v) is 4.17. The molecule has 0 atom stereocenters. The Hall–Kier alpha value is -2.40. The van der Waals surface area contributed by atoms with E-state index in [4.69, 9.17) is 0 Å². The van der Waals surface area contributed by atoms with E-state index in [0.717, 1.165) is 34.8 Å². The van der Waals surface area contributed by atoms with Gasteiger partial charge in [-0.05, 0) is 44.4 Å². The predicted octanol–water partition coefficient (Wildman–Crippen LogP) is 4.41. The zero-order valence-corrected chi connectivity index (χ0v) is 16.6. The summed E-state index contributed by atoms with van der Waals surface area (Å²) >= 11 is 1.59. The monoisotopic (exact) mass is 367 g/mol. The number of nitrogens with zero attached hydrogens (tertiary/aromatic N) is 2. The van der Waals surface area contributed by atoms with Crippen LogP contribution in [0.15, 0.2) is 36.4 Å². The van der Waals surface area contributed by atoms with Crippen molar-refractivity contribution in [3.8, 4) is 0 Å². The first-order chi connectivity index (χ1) is 12.5. The Balaban J connectivity index is 1.70. The van der Waals surface area contributed by atoms with Crippen molar-refractivity contribution in [1.82, 2.24) is 15.1 Å². The summed E-state index contributed by atoms with van der Waals surface area (Å²) in [4.78, 5) is 14.6. The molecule has 0 aliphatic carbocycles. The Morgan fingerprint density at radius 2 is 1.92 bits per heavy atom. The average molecular weight is 368 g/mol. The van der Waals surface area contributed by atoms with Crippen LogP contribution in [0, 0.1) is 20.8 Å². The van der Waals surface area contributed by atoms with E-state index in [0.29, 0.717) is 6.54 Å². The molecule has 0 spiro atoms. The van der Waals surface area contributed by atoms with Crippen LogP contribution in [0.3, 0.4) is 0 Å². The van der Waals surface area contributed by atoms with E-state index in [1.54, 1.807) is 11.3 Å². The molecule has 0 radical (unpaired) electrons. The van der Waals surface area contributed by atoms with Gasteiger partial charge in [0, 0.05) is 22.7 Å². The molecule has 1 aromatic carbocycles. The Kier molecular flexibility index (Phi) is 5.57. The molecule has 0 saturated heterocycles. The highest BCUT2D eigenvalue weighted by molar-refractivity contribution is 7.14. The second-order valence-electron chi connectivity index (χ2n) is 6.55. The maximum atomic E-state index is 12.5. The van der Waals surface area contributed by atoms with Gasteiger partial charge in [0.1, 0.15) is 0 Å². The van der Waals surface area contributed by atoms with E-state index in [-0.39, 0.29) is 5.91 Å². The van der Waals surface area contributed by atoms with Gasteiger partial charge in [-0.1, -0.05) is 37.3 Å². The summed E-state index contributed by atoms with van der Waals surface area (Å²) in [5, 5.41) is 7.71. The predicted molar refractivity (Wildman–Crippen MR) is 107 cm³/mol. The van der Waals surface area contributed by atoms with Crippen molar-refractivity contribution in [1.29, 1.82) is 0 Å². The third kappa shape index (κ3) is 3.88. The first-order valence-electron chi connectivity index (χ1n) is 8.94. The molecule has 2 heterocycles. The minimum Gasteiger partial charge on any atom is -0.347 e. The van der Waals surface area contributed by atoms with Gasteiger partial charge in [0.25, 0.3) is 5.91 Å². The van der Waals surface area contributed by atoms with Gasteiger partial charge in [0.2, 0.25) is 0 Å². The van der Waals surface area contributed by atoms with Crippen molar-refractivity contribution in [2.24, 2.45) is 0 Å². The maximum Gasteiger partial charge on any atom is 0.261 e. The summed E-state index contributed by atoms with van der Waals surface area (Å²) < 4.78 is 2.01. The van der Waals surface area contributed by atoms with Gasteiger partial charge < -0.3 is 5.32 Å². The molecule has 2 aromatic heterocycles. The SMILES string of the molecule is CCc1sc(C(=O)NCc2c(C)nn(Cc3ccccc3)c2C)cc1C. The molecule has 0 aliphatic heterocycles. The third-order valence-electron chi connectivity index (χ3n) is 4.70. The van der Waals surface area contributed by atoms with Crippen LogP contribution in [-0.2, 0) is 19.5 Å². The standard InChI is InChI=1S/C21H25N3OS/c1-5-19-14(2)11-20(26-19)21(25)22-12-18-15(3)23-24(16(18)4)13-17-9-7-6-8-10-17/h6-11H,5,12-13H2,1-4H3,(H,22,25). The molecule has 0 unspecified atom stereocenters. The van der Waals surface area contributed by atoms with Crippen molar-refractivity contribution < 1.29 is 4.79 Å². The van der Waals surface area contributed by atoms with Gasteiger partial charge in [-0.2, -0.15) is 5.10 Å². The van der Waals surface area contributed by atoms with Gasteiger partial charge in [-0.3, -0.25) is 9.48 Å². The zero-order chi connectivity index (χ0) is 18.7. The molecule has 5 heteroatoms. The lowest BCUT2D eigenvalue weighted by Crippen LogP contribution is -2.22. The number of carbonyl (C=O) groups excluding carboxylic acids is 1. The maximum absolute atomic E-state index is 12.5. The van der Waals surface area contributed by atoms with Crippen LogP contribution in [-0.4, -0.2) is 15.7 Å². The van der Waals surface area contributed by atoms with Crippen molar-refractivity contribution in [3.05, 3.63) is 74.2 Å². The fraction of sp³-hybridized carbons (Fsp3) is 0.333. The molecule has 3 aromatic rings. The lowest BCUT2D eigenvalue weighted by molar-refractivity contribution is 0.0955. The second kappa shape index (κ2) is 7.87. The van der Waals surface area contributed by atoms with E-state index in [1.807, 2.05) is 35.9 Å². The van der Waals surface area contributed by atoms with E-state index in [2.05, 4.69) is 43.3 Å². The summed E-state index contributed by atoms with van der Waals surface area (Å²) in [6.07, 6.45) is 0.967. The van der Waals surface area contributed by atoms with Crippen molar-refractivity contribution in [2.75, 3.05) is 0 Å². The van der Waals surface area contributed by atoms with E-state index >= 15 is 0 Å². The molecule has 136 valence electrons. The van der Waals surface area contributed by atoms with Crippen LogP contribution in [0.5, 0.6) is 0 Å². The number of aryl methyl sites for hydroxylation is 3. The Bertz CT molecular complexity index is 909. The minimum absolute atomic E-state index is 0.00703.